The van der Waals surface area contributed by atoms with E-state index in [9.17, 15) is 14.9 Å². The van der Waals surface area contributed by atoms with Crippen molar-refractivity contribution in [2.45, 2.75) is 6.42 Å². The summed E-state index contributed by atoms with van der Waals surface area (Å²) < 4.78 is 0. The number of hydrogen-bond acceptors (Lipinski definition) is 5. The molecular weight excluding hydrogens is 308 g/mol. The molecule has 0 bridgehead atoms. The average molecular weight is 324 g/mol. The first-order chi connectivity index (χ1) is 11.5. The SMILES string of the molecule is CN(CCC#N)C(=O)c1ccc(Nc2ccccc2)c([N+](=O)[O-])c1. The first kappa shape index (κ1) is 17.0. The molecule has 0 aliphatic rings. The third kappa shape index (κ3) is 4.08. The van der Waals surface area contributed by atoms with E-state index < -0.39 is 4.92 Å². The summed E-state index contributed by atoms with van der Waals surface area (Å²) in [6, 6.07) is 15.3. The Morgan fingerprint density at radius 3 is 2.62 bits per heavy atom. The van der Waals surface area contributed by atoms with Crippen molar-refractivity contribution in [1.82, 2.24) is 4.90 Å². The quantitative estimate of drug-likeness (QED) is 0.649. The van der Waals surface area contributed by atoms with E-state index in [1.54, 1.807) is 19.2 Å². The molecule has 1 amide bonds. The van der Waals surface area contributed by atoms with Gasteiger partial charge in [0.2, 0.25) is 0 Å². The van der Waals surface area contributed by atoms with Gasteiger partial charge in [0.1, 0.15) is 5.69 Å². The van der Waals surface area contributed by atoms with Crippen LogP contribution in [0.5, 0.6) is 0 Å². The van der Waals surface area contributed by atoms with Gasteiger partial charge in [0, 0.05) is 30.9 Å². The number of nitriles is 1. The first-order valence-corrected chi connectivity index (χ1v) is 7.26. The first-order valence-electron chi connectivity index (χ1n) is 7.26. The van der Waals surface area contributed by atoms with Gasteiger partial charge in [-0.1, -0.05) is 18.2 Å². The third-order valence-corrected chi connectivity index (χ3v) is 3.40. The van der Waals surface area contributed by atoms with E-state index in [-0.39, 0.29) is 30.1 Å². The predicted octanol–water partition coefficient (Wildman–Crippen LogP) is 3.32. The molecule has 2 rings (SSSR count). The lowest BCUT2D eigenvalue weighted by atomic mass is 10.1. The minimum Gasteiger partial charge on any atom is -0.350 e. The molecule has 0 aromatic heterocycles. The van der Waals surface area contributed by atoms with Gasteiger partial charge in [-0.25, -0.2) is 0 Å². The Bertz CT molecular complexity index is 784. The van der Waals surface area contributed by atoms with Gasteiger partial charge in [0.05, 0.1) is 17.4 Å². The molecule has 24 heavy (non-hydrogen) atoms. The number of para-hydroxylation sites is 1. The Kier molecular flexibility index (Phi) is 5.47. The normalized spacial score (nSPS) is 9.83. The number of rotatable bonds is 6. The van der Waals surface area contributed by atoms with Crippen LogP contribution in [0, 0.1) is 21.4 Å². The topological polar surface area (TPSA) is 99.3 Å². The monoisotopic (exact) mass is 324 g/mol. The van der Waals surface area contributed by atoms with E-state index in [2.05, 4.69) is 5.32 Å². The van der Waals surface area contributed by atoms with Gasteiger partial charge in [0.15, 0.2) is 0 Å². The van der Waals surface area contributed by atoms with E-state index in [1.807, 2.05) is 24.3 Å². The number of benzene rings is 2. The van der Waals surface area contributed by atoms with Crippen molar-refractivity contribution in [3.05, 3.63) is 64.2 Å². The molecule has 0 unspecified atom stereocenters. The second-order valence-corrected chi connectivity index (χ2v) is 5.11. The minimum atomic E-state index is -0.530. The number of anilines is 2. The predicted molar refractivity (Wildman–Crippen MR) is 90.0 cm³/mol. The van der Waals surface area contributed by atoms with E-state index >= 15 is 0 Å². The van der Waals surface area contributed by atoms with Crippen molar-refractivity contribution >= 4 is 23.0 Å². The van der Waals surface area contributed by atoms with Gasteiger partial charge in [-0.15, -0.1) is 0 Å². The Labute approximate surface area is 139 Å². The zero-order chi connectivity index (χ0) is 17.5. The summed E-state index contributed by atoms with van der Waals surface area (Å²) in [6.07, 6.45) is 0.206. The summed E-state index contributed by atoms with van der Waals surface area (Å²) in [5.41, 5.74) is 1.05. The van der Waals surface area contributed by atoms with Crippen molar-refractivity contribution in [3.8, 4) is 6.07 Å². The Morgan fingerprint density at radius 2 is 2.00 bits per heavy atom. The van der Waals surface area contributed by atoms with Crippen molar-refractivity contribution < 1.29 is 9.72 Å². The lowest BCUT2D eigenvalue weighted by Crippen LogP contribution is -2.27. The fourth-order valence-electron chi connectivity index (χ4n) is 2.14. The lowest BCUT2D eigenvalue weighted by Gasteiger charge is -2.16. The number of carbonyl (C=O) groups excluding carboxylic acids is 1. The molecule has 0 spiro atoms. The minimum absolute atomic E-state index is 0.182. The molecule has 2 aromatic carbocycles. The zero-order valence-electron chi connectivity index (χ0n) is 13.1. The zero-order valence-corrected chi connectivity index (χ0v) is 13.1. The molecular formula is C17H16N4O3. The Morgan fingerprint density at radius 1 is 1.29 bits per heavy atom. The van der Waals surface area contributed by atoms with Gasteiger partial charge in [-0.3, -0.25) is 14.9 Å². The van der Waals surface area contributed by atoms with Gasteiger partial charge in [-0.2, -0.15) is 5.26 Å². The van der Waals surface area contributed by atoms with Gasteiger partial charge in [-0.05, 0) is 24.3 Å². The number of nitrogens with zero attached hydrogens (tertiary/aromatic N) is 3. The van der Waals surface area contributed by atoms with Crippen molar-refractivity contribution in [3.63, 3.8) is 0 Å². The Hall–Kier alpha value is -3.40. The summed E-state index contributed by atoms with van der Waals surface area (Å²) in [6.45, 7) is 0.271. The fourth-order valence-corrected chi connectivity index (χ4v) is 2.14. The smallest absolute Gasteiger partial charge is 0.293 e. The molecule has 122 valence electrons. The number of nitro groups is 1. The van der Waals surface area contributed by atoms with E-state index in [4.69, 9.17) is 5.26 Å². The number of carbonyl (C=O) groups is 1. The molecule has 0 fully saturated rings. The highest BCUT2D eigenvalue weighted by molar-refractivity contribution is 5.95. The molecule has 0 radical (unpaired) electrons. The van der Waals surface area contributed by atoms with Crippen molar-refractivity contribution in [2.75, 3.05) is 18.9 Å². The number of nitro benzene ring substituents is 1. The molecule has 1 N–H and O–H groups in total. The third-order valence-electron chi connectivity index (χ3n) is 3.40. The highest BCUT2D eigenvalue weighted by atomic mass is 16.6. The molecule has 0 aliphatic heterocycles. The number of amides is 1. The molecule has 0 aliphatic carbocycles. The molecule has 7 nitrogen and oxygen atoms in total. The highest BCUT2D eigenvalue weighted by Crippen LogP contribution is 2.29. The second kappa shape index (κ2) is 7.74. The summed E-state index contributed by atoms with van der Waals surface area (Å²) in [5.74, 6) is -0.361. The van der Waals surface area contributed by atoms with Crippen LogP contribution in [0.1, 0.15) is 16.8 Å². The van der Waals surface area contributed by atoms with Crippen LogP contribution in [0.25, 0.3) is 0 Å². The van der Waals surface area contributed by atoms with Crippen LogP contribution in [0.3, 0.4) is 0 Å². The van der Waals surface area contributed by atoms with E-state index in [0.29, 0.717) is 11.4 Å². The van der Waals surface area contributed by atoms with Gasteiger partial charge in [0.25, 0.3) is 11.6 Å². The van der Waals surface area contributed by atoms with Crippen LogP contribution in [0.15, 0.2) is 48.5 Å². The molecule has 2 aromatic rings. The maximum atomic E-state index is 12.3. The summed E-state index contributed by atoms with van der Waals surface area (Å²) in [5, 5.41) is 22.9. The van der Waals surface area contributed by atoms with Gasteiger partial charge >= 0.3 is 0 Å². The van der Waals surface area contributed by atoms with Gasteiger partial charge < -0.3 is 10.2 Å². The lowest BCUT2D eigenvalue weighted by molar-refractivity contribution is -0.383. The second-order valence-electron chi connectivity index (χ2n) is 5.11. The van der Waals surface area contributed by atoms with Crippen LogP contribution in [-0.4, -0.2) is 29.3 Å². The molecule has 0 heterocycles. The van der Waals surface area contributed by atoms with Crippen LogP contribution in [-0.2, 0) is 0 Å². The fraction of sp³-hybridized carbons (Fsp3) is 0.176. The van der Waals surface area contributed by atoms with Crippen LogP contribution < -0.4 is 5.32 Å². The molecule has 0 saturated carbocycles. The highest BCUT2D eigenvalue weighted by Gasteiger charge is 2.19. The summed E-state index contributed by atoms with van der Waals surface area (Å²) >= 11 is 0. The van der Waals surface area contributed by atoms with Crippen LogP contribution >= 0.6 is 0 Å². The summed E-state index contributed by atoms with van der Waals surface area (Å²) in [7, 11) is 1.56. The number of hydrogen-bond donors (Lipinski definition) is 1. The molecule has 0 atom stereocenters. The summed E-state index contributed by atoms with van der Waals surface area (Å²) in [4.78, 5) is 24.4. The standard InChI is InChI=1S/C17H16N4O3/c1-20(11-5-10-18)17(22)13-8-9-15(16(12-13)21(23)24)19-14-6-3-2-4-7-14/h2-4,6-9,12,19H,5,11H2,1H3. The maximum Gasteiger partial charge on any atom is 0.293 e. The van der Waals surface area contributed by atoms with E-state index in [0.717, 1.165) is 0 Å². The molecule has 7 heteroatoms. The largest absolute Gasteiger partial charge is 0.350 e. The maximum absolute atomic E-state index is 12.3. The number of nitrogens with one attached hydrogen (secondary N) is 1. The molecule has 0 saturated heterocycles. The average Bonchev–Trinajstić information content (AvgIpc) is 2.60. The van der Waals surface area contributed by atoms with Crippen molar-refractivity contribution in [1.29, 1.82) is 5.26 Å². The van der Waals surface area contributed by atoms with Crippen LogP contribution in [0.4, 0.5) is 17.1 Å². The van der Waals surface area contributed by atoms with Crippen molar-refractivity contribution in [2.24, 2.45) is 0 Å². The van der Waals surface area contributed by atoms with E-state index in [1.165, 1.54) is 23.1 Å². The van der Waals surface area contributed by atoms with Crippen LogP contribution in [0.2, 0.25) is 0 Å². The Balaban J connectivity index is 2.28.